The molecule has 2 aromatic heterocycles. The second kappa shape index (κ2) is 8.80. The highest BCUT2D eigenvalue weighted by molar-refractivity contribution is 7.28. The molecule has 0 N–H and O–H groups in total. The minimum absolute atomic E-state index is 0.451. The summed E-state index contributed by atoms with van der Waals surface area (Å²) in [5.41, 5.74) is 6.48. The summed E-state index contributed by atoms with van der Waals surface area (Å²) in [5, 5.41) is 14.7. The van der Waals surface area contributed by atoms with Gasteiger partial charge in [0.1, 0.15) is 0 Å². The molecule has 0 fully saturated rings. The normalized spacial score (nSPS) is 11.1. The van der Waals surface area contributed by atoms with Gasteiger partial charge in [0.05, 0.1) is 19.2 Å². The molecule has 0 aliphatic heterocycles. The number of nitrogens with zero attached hydrogens (tertiary/aromatic N) is 3. The van der Waals surface area contributed by atoms with Crippen LogP contribution in [0.3, 0.4) is 0 Å². The van der Waals surface area contributed by atoms with Gasteiger partial charge in [0.2, 0.25) is 0 Å². The Balaban J connectivity index is 1.81. The fourth-order valence-corrected chi connectivity index (χ4v) is 8.09. The van der Waals surface area contributed by atoms with Crippen LogP contribution < -0.4 is 0 Å². The second-order valence-corrected chi connectivity index (χ2v) is 11.5. The fourth-order valence-electron chi connectivity index (χ4n) is 5.54. The van der Waals surface area contributed by atoms with E-state index in [0.29, 0.717) is 16.9 Å². The van der Waals surface area contributed by atoms with Crippen molar-refractivity contribution in [1.29, 1.82) is 5.26 Å². The first-order chi connectivity index (χ1) is 19.1. The van der Waals surface area contributed by atoms with E-state index in [-0.39, 0.29) is 0 Å². The van der Waals surface area contributed by atoms with Crippen LogP contribution in [-0.2, 0) is 0 Å². The van der Waals surface area contributed by atoms with Crippen molar-refractivity contribution in [1.82, 2.24) is 0 Å². The first-order valence-corrected chi connectivity index (χ1v) is 13.9. The third kappa shape index (κ3) is 3.37. The molecule has 0 spiro atoms. The van der Waals surface area contributed by atoms with Gasteiger partial charge < -0.3 is 0 Å². The van der Waals surface area contributed by atoms with Crippen molar-refractivity contribution in [3.05, 3.63) is 119 Å². The van der Waals surface area contributed by atoms with Crippen LogP contribution in [0.1, 0.15) is 11.1 Å². The highest BCUT2D eigenvalue weighted by Gasteiger charge is 2.26. The van der Waals surface area contributed by atoms with E-state index < -0.39 is 0 Å². The quantitative estimate of drug-likeness (QED) is 0.204. The van der Waals surface area contributed by atoms with E-state index in [1.54, 1.807) is 34.8 Å². The zero-order valence-electron chi connectivity index (χ0n) is 20.7. The molecule has 0 bridgehead atoms. The average molecular weight is 532 g/mol. The van der Waals surface area contributed by atoms with Crippen LogP contribution >= 0.6 is 22.7 Å². The first kappa shape index (κ1) is 23.2. The maximum Gasteiger partial charge on any atom is 0.195 e. The Labute approximate surface area is 233 Å². The summed E-state index contributed by atoms with van der Waals surface area (Å²) in [7, 11) is 0. The van der Waals surface area contributed by atoms with Crippen molar-refractivity contribution in [2.45, 2.75) is 6.92 Å². The minimum atomic E-state index is 0.451. The van der Waals surface area contributed by atoms with Gasteiger partial charge in [0.25, 0.3) is 0 Å². The molecule has 0 amide bonds. The van der Waals surface area contributed by atoms with Crippen LogP contribution in [0.25, 0.3) is 72.3 Å². The topological polar surface area (TPSA) is 32.5 Å². The van der Waals surface area contributed by atoms with Gasteiger partial charge in [-0.1, -0.05) is 72.3 Å². The van der Waals surface area contributed by atoms with Gasteiger partial charge in [-0.15, -0.1) is 22.7 Å². The van der Waals surface area contributed by atoms with Crippen LogP contribution in [0, 0.1) is 31.4 Å². The highest BCUT2D eigenvalue weighted by atomic mass is 32.1. The molecule has 180 valence electrons. The van der Waals surface area contributed by atoms with Crippen molar-refractivity contribution < 1.29 is 0 Å². The molecule has 5 heteroatoms. The monoisotopic (exact) mass is 531 g/mol. The Kier molecular flexibility index (Phi) is 5.22. The Hall–Kier alpha value is -4.99. The molecule has 0 aliphatic carbocycles. The van der Waals surface area contributed by atoms with Crippen molar-refractivity contribution in [2.24, 2.45) is 0 Å². The molecule has 39 heavy (non-hydrogen) atoms. The number of fused-ring (bicyclic) bond motifs is 6. The molecule has 2 heterocycles. The predicted octanol–water partition coefficient (Wildman–Crippen LogP) is 11.0. The lowest BCUT2D eigenvalue weighted by Crippen LogP contribution is -1.90. The standard InChI is InChI=1S/C34H17N3S2/c1-19-12-14-23(26(16-19)37-3)30-32-25-9-5-7-11-28(25)38-33(32)29(22-15-13-21(36-2)17-20(22)18-35)31-24-8-4-6-10-27(24)39-34(30)31/h4-17H,1H3. The molecule has 7 rings (SSSR count). The van der Waals surface area contributed by atoms with Crippen LogP contribution in [0.2, 0.25) is 0 Å². The Morgan fingerprint density at radius 1 is 0.692 bits per heavy atom. The van der Waals surface area contributed by atoms with E-state index in [9.17, 15) is 5.26 Å². The van der Waals surface area contributed by atoms with E-state index in [1.807, 2.05) is 19.1 Å². The van der Waals surface area contributed by atoms with E-state index in [4.69, 9.17) is 13.1 Å². The Bertz CT molecular complexity index is 2280. The smallest absolute Gasteiger partial charge is 0.195 e. The molecule has 0 atom stereocenters. The predicted molar refractivity (Wildman–Crippen MR) is 165 cm³/mol. The van der Waals surface area contributed by atoms with Crippen LogP contribution in [0.15, 0.2) is 84.9 Å². The maximum absolute atomic E-state index is 10.2. The molecule has 0 radical (unpaired) electrons. The van der Waals surface area contributed by atoms with E-state index in [0.717, 1.165) is 68.2 Å². The molecule has 7 aromatic rings. The summed E-state index contributed by atoms with van der Waals surface area (Å²) in [4.78, 5) is 7.52. The van der Waals surface area contributed by atoms with E-state index in [2.05, 4.69) is 76.4 Å². The van der Waals surface area contributed by atoms with Crippen LogP contribution in [-0.4, -0.2) is 0 Å². The number of hydrogen-bond acceptors (Lipinski definition) is 3. The summed E-state index contributed by atoms with van der Waals surface area (Å²) in [5.74, 6) is 0. The van der Waals surface area contributed by atoms with E-state index in [1.165, 1.54) is 0 Å². The molecule has 0 unspecified atom stereocenters. The van der Waals surface area contributed by atoms with Crippen molar-refractivity contribution >= 4 is 74.4 Å². The van der Waals surface area contributed by atoms with Gasteiger partial charge in [0, 0.05) is 51.5 Å². The van der Waals surface area contributed by atoms with Gasteiger partial charge in [-0.05, 0) is 41.8 Å². The lowest BCUT2D eigenvalue weighted by Gasteiger charge is -2.15. The lowest BCUT2D eigenvalue weighted by atomic mass is 9.88. The zero-order chi connectivity index (χ0) is 26.7. The number of hydrogen-bond donors (Lipinski definition) is 0. The minimum Gasteiger partial charge on any atom is -0.238 e. The highest BCUT2D eigenvalue weighted by Crippen LogP contribution is 2.55. The first-order valence-electron chi connectivity index (χ1n) is 12.3. The number of nitriles is 1. The summed E-state index contributed by atoms with van der Waals surface area (Å²) in [6.07, 6.45) is 0. The molecule has 3 nitrogen and oxygen atoms in total. The number of thiophene rings is 2. The summed E-state index contributed by atoms with van der Waals surface area (Å²) in [6, 6.07) is 30.7. The van der Waals surface area contributed by atoms with Crippen LogP contribution in [0.4, 0.5) is 11.4 Å². The number of rotatable bonds is 2. The van der Waals surface area contributed by atoms with Gasteiger partial charge in [0.15, 0.2) is 11.4 Å². The zero-order valence-corrected chi connectivity index (χ0v) is 22.4. The largest absolute Gasteiger partial charge is 0.238 e. The third-order valence-electron chi connectivity index (χ3n) is 7.21. The summed E-state index contributed by atoms with van der Waals surface area (Å²) >= 11 is 3.46. The summed E-state index contributed by atoms with van der Waals surface area (Å²) in [6.45, 7) is 17.5. The number of benzene rings is 5. The molecule has 0 saturated carbocycles. The molecule has 0 saturated heterocycles. The average Bonchev–Trinajstić information content (AvgIpc) is 3.55. The van der Waals surface area contributed by atoms with Gasteiger partial charge in [-0.25, -0.2) is 9.69 Å². The van der Waals surface area contributed by atoms with Crippen molar-refractivity contribution in [3.63, 3.8) is 0 Å². The van der Waals surface area contributed by atoms with Gasteiger partial charge in [-0.2, -0.15) is 5.26 Å². The Morgan fingerprint density at radius 2 is 1.28 bits per heavy atom. The summed E-state index contributed by atoms with van der Waals surface area (Å²) < 4.78 is 4.51. The van der Waals surface area contributed by atoms with Crippen molar-refractivity contribution in [2.75, 3.05) is 0 Å². The van der Waals surface area contributed by atoms with Crippen LogP contribution in [0.5, 0.6) is 0 Å². The van der Waals surface area contributed by atoms with Gasteiger partial charge >= 0.3 is 0 Å². The lowest BCUT2D eigenvalue weighted by molar-refractivity contribution is 1.48. The number of aryl methyl sites for hydroxylation is 1. The molecular weight excluding hydrogens is 515 g/mol. The Morgan fingerprint density at radius 3 is 1.87 bits per heavy atom. The maximum atomic E-state index is 10.2. The van der Waals surface area contributed by atoms with Gasteiger partial charge in [-0.3, -0.25) is 0 Å². The fraction of sp³-hybridized carbons (Fsp3) is 0.0294. The molecule has 0 aliphatic rings. The van der Waals surface area contributed by atoms with E-state index >= 15 is 0 Å². The third-order valence-corrected chi connectivity index (χ3v) is 9.59. The molecular formula is C34H17N3S2. The second-order valence-electron chi connectivity index (χ2n) is 9.44. The van der Waals surface area contributed by atoms with Crippen molar-refractivity contribution in [3.8, 4) is 28.3 Å². The SMILES string of the molecule is [C-]#[N+]c1ccc(-c2c3sc4ccccc4c3c(-c3ccc(C)cc3[N+]#[C-])c3sc4ccccc4c23)c(C#N)c1. The molecule has 5 aromatic carbocycles.